The Bertz CT molecular complexity index is 590. The smallest absolute Gasteiger partial charge is 0.199 e. The molecule has 0 aromatic heterocycles. The van der Waals surface area contributed by atoms with Crippen LogP contribution in [0.4, 0.5) is 0 Å². The minimum absolute atomic E-state index is 0.0979. The average molecular weight is 270 g/mol. The molecular weight excluding hydrogens is 252 g/mol. The van der Waals surface area contributed by atoms with Crippen molar-refractivity contribution in [1.82, 2.24) is 0 Å². The van der Waals surface area contributed by atoms with Gasteiger partial charge >= 0.3 is 0 Å². The molecule has 1 unspecified atom stereocenters. The molecule has 0 aliphatic carbocycles. The van der Waals surface area contributed by atoms with Crippen molar-refractivity contribution in [2.24, 2.45) is 0 Å². The number of carbonyl (C=O) groups is 1. The maximum Gasteiger partial charge on any atom is 0.199 e. The van der Waals surface area contributed by atoms with Crippen molar-refractivity contribution in [3.05, 3.63) is 65.2 Å². The van der Waals surface area contributed by atoms with E-state index in [1.165, 1.54) is 7.11 Å². The largest absolute Gasteiger partial charge is 0.496 e. The lowest BCUT2D eigenvalue weighted by Crippen LogP contribution is -2.16. The Hall–Kier alpha value is -2.13. The Morgan fingerprint density at radius 2 is 1.75 bits per heavy atom. The van der Waals surface area contributed by atoms with Crippen LogP contribution < -0.4 is 4.74 Å². The molecule has 2 aromatic rings. The summed E-state index contributed by atoms with van der Waals surface area (Å²) in [4.78, 5) is 12.7. The van der Waals surface area contributed by atoms with E-state index in [0.29, 0.717) is 11.3 Å². The second-order valence-electron chi connectivity index (χ2n) is 4.59. The Kier molecular flexibility index (Phi) is 4.53. The van der Waals surface area contributed by atoms with Gasteiger partial charge in [-0.1, -0.05) is 42.0 Å². The van der Waals surface area contributed by atoms with Crippen molar-refractivity contribution in [1.29, 1.82) is 0 Å². The van der Waals surface area contributed by atoms with E-state index in [4.69, 9.17) is 9.47 Å². The fourth-order valence-corrected chi connectivity index (χ4v) is 2.18. The van der Waals surface area contributed by atoms with Crippen LogP contribution in [0.5, 0.6) is 5.75 Å². The van der Waals surface area contributed by atoms with Crippen molar-refractivity contribution < 1.29 is 14.3 Å². The number of ketones is 1. The molecule has 0 N–H and O–H groups in total. The van der Waals surface area contributed by atoms with Gasteiger partial charge in [0.25, 0.3) is 0 Å². The Balaban J connectivity index is 2.41. The summed E-state index contributed by atoms with van der Waals surface area (Å²) < 4.78 is 10.7. The van der Waals surface area contributed by atoms with Gasteiger partial charge in [0.05, 0.1) is 12.7 Å². The maximum absolute atomic E-state index is 12.7. The van der Waals surface area contributed by atoms with Gasteiger partial charge in [-0.2, -0.15) is 0 Å². The molecule has 0 fully saturated rings. The highest BCUT2D eigenvalue weighted by atomic mass is 16.5. The first kappa shape index (κ1) is 14.3. The number of hydrogen-bond donors (Lipinski definition) is 0. The van der Waals surface area contributed by atoms with E-state index in [0.717, 1.165) is 11.1 Å². The fourth-order valence-electron chi connectivity index (χ4n) is 2.18. The molecule has 0 bridgehead atoms. The molecule has 0 heterocycles. The molecule has 3 nitrogen and oxygen atoms in total. The van der Waals surface area contributed by atoms with Gasteiger partial charge in [-0.25, -0.2) is 0 Å². The van der Waals surface area contributed by atoms with Crippen LogP contribution in [0.15, 0.2) is 48.5 Å². The highest BCUT2D eigenvalue weighted by molar-refractivity contribution is 6.02. The molecule has 3 heteroatoms. The van der Waals surface area contributed by atoms with Gasteiger partial charge in [0.2, 0.25) is 0 Å². The van der Waals surface area contributed by atoms with Crippen LogP contribution >= 0.6 is 0 Å². The van der Waals surface area contributed by atoms with Crippen molar-refractivity contribution in [2.75, 3.05) is 14.2 Å². The van der Waals surface area contributed by atoms with Gasteiger partial charge in [0, 0.05) is 7.11 Å². The quantitative estimate of drug-likeness (QED) is 0.779. The summed E-state index contributed by atoms with van der Waals surface area (Å²) >= 11 is 0. The lowest BCUT2D eigenvalue weighted by Gasteiger charge is -2.16. The minimum Gasteiger partial charge on any atom is -0.496 e. The van der Waals surface area contributed by atoms with Gasteiger partial charge in [0.1, 0.15) is 11.9 Å². The molecule has 2 aromatic carbocycles. The van der Waals surface area contributed by atoms with Crippen molar-refractivity contribution in [2.45, 2.75) is 13.0 Å². The molecule has 2 rings (SSSR count). The summed E-state index contributed by atoms with van der Waals surface area (Å²) in [5.74, 6) is 0.470. The van der Waals surface area contributed by atoms with E-state index in [2.05, 4.69) is 0 Å². The average Bonchev–Trinajstić information content (AvgIpc) is 2.49. The number of hydrogen-bond acceptors (Lipinski definition) is 3. The number of benzene rings is 2. The van der Waals surface area contributed by atoms with E-state index < -0.39 is 6.10 Å². The van der Waals surface area contributed by atoms with Crippen LogP contribution in [-0.4, -0.2) is 20.0 Å². The molecule has 0 spiro atoms. The zero-order valence-corrected chi connectivity index (χ0v) is 11.9. The van der Waals surface area contributed by atoms with Crippen LogP contribution in [0.25, 0.3) is 0 Å². The SMILES string of the molecule is COc1ccc(C)cc1C(=O)C(OC)c1ccccc1. The molecule has 104 valence electrons. The first-order chi connectivity index (χ1) is 9.67. The van der Waals surface area contributed by atoms with E-state index in [1.54, 1.807) is 13.2 Å². The molecule has 1 atom stereocenters. The van der Waals surface area contributed by atoms with Crippen molar-refractivity contribution in [3.8, 4) is 5.75 Å². The zero-order chi connectivity index (χ0) is 14.5. The Labute approximate surface area is 119 Å². The first-order valence-corrected chi connectivity index (χ1v) is 6.44. The summed E-state index contributed by atoms with van der Waals surface area (Å²) in [6.45, 7) is 1.94. The van der Waals surface area contributed by atoms with Crippen molar-refractivity contribution in [3.63, 3.8) is 0 Å². The minimum atomic E-state index is -0.619. The van der Waals surface area contributed by atoms with Crippen LogP contribution in [0.3, 0.4) is 0 Å². The summed E-state index contributed by atoms with van der Waals surface area (Å²) in [6, 6.07) is 15.0. The summed E-state index contributed by atoms with van der Waals surface area (Å²) in [5, 5.41) is 0. The standard InChI is InChI=1S/C17H18O3/c1-12-9-10-15(19-2)14(11-12)16(18)17(20-3)13-7-5-4-6-8-13/h4-11,17H,1-3H3. The van der Waals surface area contributed by atoms with Crippen LogP contribution in [0.1, 0.15) is 27.6 Å². The number of Topliss-reactive ketones (excluding diaryl/α,β-unsaturated/α-hetero) is 1. The molecule has 0 aliphatic rings. The number of aryl methyl sites for hydroxylation is 1. The van der Waals surface area contributed by atoms with Gasteiger partial charge in [-0.15, -0.1) is 0 Å². The second-order valence-corrected chi connectivity index (χ2v) is 4.59. The van der Waals surface area contributed by atoms with E-state index >= 15 is 0 Å². The summed E-state index contributed by atoms with van der Waals surface area (Å²) in [5.41, 5.74) is 2.39. The third kappa shape index (κ3) is 2.89. The van der Waals surface area contributed by atoms with Gasteiger partial charge in [-0.05, 0) is 24.6 Å². The number of ether oxygens (including phenoxy) is 2. The normalized spacial score (nSPS) is 11.9. The van der Waals surface area contributed by atoms with Gasteiger partial charge in [0.15, 0.2) is 5.78 Å². The molecule has 0 saturated heterocycles. The Morgan fingerprint density at radius 3 is 2.35 bits per heavy atom. The van der Waals surface area contributed by atoms with E-state index in [1.807, 2.05) is 49.4 Å². The molecule has 0 saturated carbocycles. The summed E-state index contributed by atoms with van der Waals surface area (Å²) in [6.07, 6.45) is -0.619. The molecule has 0 radical (unpaired) electrons. The third-order valence-electron chi connectivity index (χ3n) is 3.20. The number of carbonyl (C=O) groups excluding carboxylic acids is 1. The topological polar surface area (TPSA) is 35.5 Å². The first-order valence-electron chi connectivity index (χ1n) is 6.44. The fraction of sp³-hybridized carbons (Fsp3) is 0.235. The summed E-state index contributed by atoms with van der Waals surface area (Å²) in [7, 11) is 3.10. The van der Waals surface area contributed by atoms with Gasteiger partial charge in [-0.3, -0.25) is 4.79 Å². The molecule has 0 amide bonds. The van der Waals surface area contributed by atoms with Crippen LogP contribution in [0.2, 0.25) is 0 Å². The van der Waals surface area contributed by atoms with E-state index in [-0.39, 0.29) is 5.78 Å². The maximum atomic E-state index is 12.7. The predicted octanol–water partition coefficient (Wildman–Crippen LogP) is 3.57. The lowest BCUT2D eigenvalue weighted by molar-refractivity contribution is 0.0601. The van der Waals surface area contributed by atoms with Gasteiger partial charge < -0.3 is 9.47 Å². The highest BCUT2D eigenvalue weighted by Crippen LogP contribution is 2.27. The van der Waals surface area contributed by atoms with E-state index in [9.17, 15) is 4.79 Å². The molecule has 0 aliphatic heterocycles. The Morgan fingerprint density at radius 1 is 1.05 bits per heavy atom. The molecule has 20 heavy (non-hydrogen) atoms. The predicted molar refractivity (Wildman–Crippen MR) is 78.3 cm³/mol. The molecular formula is C17H18O3. The van der Waals surface area contributed by atoms with Crippen LogP contribution in [0, 0.1) is 6.92 Å². The number of methoxy groups -OCH3 is 2. The number of rotatable bonds is 5. The second kappa shape index (κ2) is 6.35. The highest BCUT2D eigenvalue weighted by Gasteiger charge is 2.24. The third-order valence-corrected chi connectivity index (χ3v) is 3.20. The monoisotopic (exact) mass is 270 g/mol. The zero-order valence-electron chi connectivity index (χ0n) is 11.9. The lowest BCUT2D eigenvalue weighted by atomic mass is 9.98. The van der Waals surface area contributed by atoms with Crippen LogP contribution in [-0.2, 0) is 4.74 Å². The van der Waals surface area contributed by atoms with Crippen molar-refractivity contribution >= 4 is 5.78 Å².